The van der Waals surface area contributed by atoms with Gasteiger partial charge in [-0.05, 0) is 24.6 Å². The molecule has 0 radical (unpaired) electrons. The molecule has 12 heavy (non-hydrogen) atoms. The molecule has 0 N–H and O–H groups in total. The van der Waals surface area contributed by atoms with Crippen molar-refractivity contribution < 1.29 is 0 Å². The quantitative estimate of drug-likeness (QED) is 0.658. The van der Waals surface area contributed by atoms with Gasteiger partial charge in [0.15, 0.2) is 0 Å². The Morgan fingerprint density at radius 2 is 1.58 bits per heavy atom. The highest BCUT2D eigenvalue weighted by Gasteiger charge is 2.03. The first-order chi connectivity index (χ1) is 5.52. The Hall–Kier alpha value is -0.280. The van der Waals surface area contributed by atoms with Crippen LogP contribution in [-0.2, 0) is 0 Å². The molecule has 1 nitrogen and oxygen atoms in total. The first-order valence-corrected chi connectivity index (χ1v) is 4.61. The van der Waals surface area contributed by atoms with Gasteiger partial charge < -0.3 is 4.90 Å². The van der Waals surface area contributed by atoms with Crippen molar-refractivity contribution in [3.8, 4) is 0 Å². The monoisotopic (exact) mass is 199 g/mol. The fourth-order valence-corrected chi connectivity index (χ4v) is 1.60. The third kappa shape index (κ3) is 1.90. The number of rotatable bonds is 1. The van der Waals surface area contributed by atoms with Crippen LogP contribution in [0.5, 0.6) is 0 Å². The standard InChI is InChI=1S/C9H13NS2/c1-6-4-8(11)9(12)5-7(6)10(2)3/h4-5,11-12H,1-3H3. The fourth-order valence-electron chi connectivity index (χ4n) is 1.15. The van der Waals surface area contributed by atoms with Crippen LogP contribution in [0, 0.1) is 6.92 Å². The maximum absolute atomic E-state index is 4.31. The minimum absolute atomic E-state index is 0.924. The molecule has 0 saturated carbocycles. The molecule has 0 aromatic heterocycles. The average molecular weight is 199 g/mol. The molecule has 0 aliphatic heterocycles. The molecule has 0 aliphatic carbocycles. The van der Waals surface area contributed by atoms with Crippen molar-refractivity contribution in [3.05, 3.63) is 17.7 Å². The lowest BCUT2D eigenvalue weighted by molar-refractivity contribution is 1.08. The smallest absolute Gasteiger partial charge is 0.0402 e. The number of benzene rings is 1. The van der Waals surface area contributed by atoms with Gasteiger partial charge in [-0.15, -0.1) is 25.3 Å². The van der Waals surface area contributed by atoms with E-state index in [0.29, 0.717) is 0 Å². The van der Waals surface area contributed by atoms with Crippen LogP contribution in [0.25, 0.3) is 0 Å². The van der Waals surface area contributed by atoms with E-state index in [9.17, 15) is 0 Å². The first kappa shape index (κ1) is 9.81. The van der Waals surface area contributed by atoms with E-state index in [4.69, 9.17) is 0 Å². The van der Waals surface area contributed by atoms with E-state index in [-0.39, 0.29) is 0 Å². The predicted molar refractivity (Wildman–Crippen MR) is 60.0 cm³/mol. The number of nitrogens with zero attached hydrogens (tertiary/aromatic N) is 1. The molecule has 0 unspecified atom stereocenters. The largest absolute Gasteiger partial charge is 0.377 e. The van der Waals surface area contributed by atoms with Crippen LogP contribution in [0.4, 0.5) is 5.69 Å². The molecule has 1 aromatic carbocycles. The number of hydrogen-bond acceptors (Lipinski definition) is 3. The van der Waals surface area contributed by atoms with E-state index in [2.05, 4.69) is 37.1 Å². The summed E-state index contributed by atoms with van der Waals surface area (Å²) in [5, 5.41) is 0. The Morgan fingerprint density at radius 1 is 1.08 bits per heavy atom. The summed E-state index contributed by atoms with van der Waals surface area (Å²) < 4.78 is 0. The molecule has 0 saturated heterocycles. The summed E-state index contributed by atoms with van der Waals surface area (Å²) in [6.45, 7) is 2.07. The molecule has 3 heteroatoms. The maximum atomic E-state index is 4.31. The van der Waals surface area contributed by atoms with Gasteiger partial charge in [0, 0.05) is 29.6 Å². The number of hydrogen-bond donors (Lipinski definition) is 2. The zero-order valence-corrected chi connectivity index (χ0v) is 9.29. The lowest BCUT2D eigenvalue weighted by Gasteiger charge is -2.16. The highest BCUT2D eigenvalue weighted by atomic mass is 32.1. The topological polar surface area (TPSA) is 3.24 Å². The lowest BCUT2D eigenvalue weighted by atomic mass is 10.2. The summed E-state index contributed by atoms with van der Waals surface area (Å²) in [5.74, 6) is 0. The molecule has 0 spiro atoms. The summed E-state index contributed by atoms with van der Waals surface area (Å²) in [6.07, 6.45) is 0. The van der Waals surface area contributed by atoms with Crippen LogP contribution >= 0.6 is 25.3 Å². The van der Waals surface area contributed by atoms with Gasteiger partial charge in [-0.1, -0.05) is 0 Å². The van der Waals surface area contributed by atoms with Gasteiger partial charge in [-0.3, -0.25) is 0 Å². The van der Waals surface area contributed by atoms with Gasteiger partial charge in [0.1, 0.15) is 0 Å². The Bertz CT molecular complexity index is 295. The Kier molecular flexibility index (Phi) is 2.96. The summed E-state index contributed by atoms with van der Waals surface area (Å²) in [4.78, 5) is 3.93. The molecule has 0 bridgehead atoms. The van der Waals surface area contributed by atoms with Crippen molar-refractivity contribution in [1.29, 1.82) is 0 Å². The highest BCUT2D eigenvalue weighted by Crippen LogP contribution is 2.27. The summed E-state index contributed by atoms with van der Waals surface area (Å²) in [5.41, 5.74) is 2.42. The van der Waals surface area contributed by atoms with Gasteiger partial charge in [0.2, 0.25) is 0 Å². The van der Waals surface area contributed by atoms with E-state index < -0.39 is 0 Å². The maximum Gasteiger partial charge on any atom is 0.0402 e. The van der Waals surface area contributed by atoms with Crippen LogP contribution in [0.3, 0.4) is 0 Å². The van der Waals surface area contributed by atoms with E-state index in [1.807, 2.05) is 26.2 Å². The van der Waals surface area contributed by atoms with Crippen LogP contribution in [0.15, 0.2) is 21.9 Å². The third-order valence-electron chi connectivity index (χ3n) is 1.77. The zero-order chi connectivity index (χ0) is 9.30. The first-order valence-electron chi connectivity index (χ1n) is 3.72. The Balaban J connectivity index is 3.23. The van der Waals surface area contributed by atoms with Crippen molar-refractivity contribution in [2.75, 3.05) is 19.0 Å². The lowest BCUT2D eigenvalue weighted by Crippen LogP contribution is -2.10. The third-order valence-corrected chi connectivity index (χ3v) is 2.69. The van der Waals surface area contributed by atoms with Crippen LogP contribution in [0.2, 0.25) is 0 Å². The Labute approximate surface area is 84.6 Å². The van der Waals surface area contributed by atoms with Crippen LogP contribution in [-0.4, -0.2) is 14.1 Å². The van der Waals surface area contributed by atoms with E-state index >= 15 is 0 Å². The molecule has 1 aromatic rings. The van der Waals surface area contributed by atoms with Crippen molar-refractivity contribution >= 4 is 30.9 Å². The Morgan fingerprint density at radius 3 is 2.08 bits per heavy atom. The van der Waals surface area contributed by atoms with Gasteiger partial charge in [0.05, 0.1) is 0 Å². The molecule has 0 aliphatic rings. The SMILES string of the molecule is Cc1cc(S)c(S)cc1N(C)C. The van der Waals surface area contributed by atoms with Crippen molar-refractivity contribution in [1.82, 2.24) is 0 Å². The second-order valence-electron chi connectivity index (χ2n) is 3.02. The van der Waals surface area contributed by atoms with Crippen molar-refractivity contribution in [3.63, 3.8) is 0 Å². The zero-order valence-electron chi connectivity index (χ0n) is 7.50. The van der Waals surface area contributed by atoms with Gasteiger partial charge in [-0.2, -0.15) is 0 Å². The van der Waals surface area contributed by atoms with Crippen LogP contribution in [0.1, 0.15) is 5.56 Å². The predicted octanol–water partition coefficient (Wildman–Crippen LogP) is 2.64. The second kappa shape index (κ2) is 3.62. The van der Waals surface area contributed by atoms with Crippen molar-refractivity contribution in [2.45, 2.75) is 16.7 Å². The second-order valence-corrected chi connectivity index (χ2v) is 3.99. The number of thiol groups is 2. The number of anilines is 1. The number of aryl methyl sites for hydroxylation is 1. The van der Waals surface area contributed by atoms with Gasteiger partial charge in [0.25, 0.3) is 0 Å². The molecule has 1 rings (SSSR count). The average Bonchev–Trinajstić information content (AvgIpc) is 1.96. The molecule has 0 atom stereocenters. The summed E-state index contributed by atoms with van der Waals surface area (Å²) >= 11 is 8.59. The van der Waals surface area contributed by atoms with Crippen molar-refractivity contribution in [2.24, 2.45) is 0 Å². The summed E-state index contributed by atoms with van der Waals surface area (Å²) in [7, 11) is 4.04. The minimum Gasteiger partial charge on any atom is -0.377 e. The van der Waals surface area contributed by atoms with E-state index in [1.54, 1.807) is 0 Å². The molecular weight excluding hydrogens is 186 g/mol. The van der Waals surface area contributed by atoms with Crippen LogP contribution < -0.4 is 4.90 Å². The molecule has 0 heterocycles. The summed E-state index contributed by atoms with van der Waals surface area (Å²) in [6, 6.07) is 4.06. The fraction of sp³-hybridized carbons (Fsp3) is 0.333. The van der Waals surface area contributed by atoms with Gasteiger partial charge >= 0.3 is 0 Å². The molecule has 0 amide bonds. The van der Waals surface area contributed by atoms with E-state index in [1.165, 1.54) is 11.3 Å². The van der Waals surface area contributed by atoms with Gasteiger partial charge in [-0.25, -0.2) is 0 Å². The molecule has 0 fully saturated rings. The normalized spacial score (nSPS) is 10.1. The molecule has 66 valence electrons. The highest BCUT2D eigenvalue weighted by molar-refractivity contribution is 7.83. The van der Waals surface area contributed by atoms with E-state index in [0.717, 1.165) is 9.79 Å². The minimum atomic E-state index is 0.924. The molecular formula is C9H13NS2.